The van der Waals surface area contributed by atoms with E-state index in [2.05, 4.69) is 39.1 Å². The van der Waals surface area contributed by atoms with E-state index >= 15 is 0 Å². The lowest BCUT2D eigenvalue weighted by Crippen LogP contribution is -2.53. The van der Waals surface area contributed by atoms with Crippen molar-refractivity contribution >= 4 is 23.5 Å². The molecular formula is C24H25ClN4O. The number of rotatable bonds is 4. The highest BCUT2D eigenvalue weighted by Gasteiger charge is 2.41. The number of halogens is 1. The second-order valence-corrected chi connectivity index (χ2v) is 8.60. The molecule has 5 rings (SSSR count). The van der Waals surface area contributed by atoms with Crippen molar-refractivity contribution < 1.29 is 4.79 Å². The molecule has 5 nitrogen and oxygen atoms in total. The van der Waals surface area contributed by atoms with Gasteiger partial charge in [-0.2, -0.15) is 0 Å². The Kier molecular flexibility index (Phi) is 5.09. The minimum atomic E-state index is 0.0660. The number of benzene rings is 2. The molecule has 1 amide bonds. The van der Waals surface area contributed by atoms with Gasteiger partial charge >= 0.3 is 0 Å². The van der Waals surface area contributed by atoms with E-state index in [1.165, 1.54) is 5.56 Å². The van der Waals surface area contributed by atoms with E-state index in [4.69, 9.17) is 11.6 Å². The number of hydrogen-bond donors (Lipinski definition) is 0. The van der Waals surface area contributed by atoms with Crippen molar-refractivity contribution in [1.82, 2.24) is 14.7 Å². The van der Waals surface area contributed by atoms with Crippen molar-refractivity contribution in [2.75, 3.05) is 26.2 Å². The van der Waals surface area contributed by atoms with Gasteiger partial charge in [0.2, 0.25) is 5.96 Å². The Morgan fingerprint density at radius 2 is 1.90 bits per heavy atom. The predicted molar refractivity (Wildman–Crippen MR) is 119 cm³/mol. The lowest BCUT2D eigenvalue weighted by Gasteiger charge is -2.42. The molecule has 0 N–H and O–H groups in total. The Labute approximate surface area is 182 Å². The van der Waals surface area contributed by atoms with Gasteiger partial charge in [-0.15, -0.1) is 0 Å². The van der Waals surface area contributed by atoms with Crippen molar-refractivity contribution in [2.45, 2.75) is 26.4 Å². The quantitative estimate of drug-likeness (QED) is 0.754. The smallest absolute Gasteiger partial charge is 0.259 e. The zero-order valence-electron chi connectivity index (χ0n) is 17.1. The van der Waals surface area contributed by atoms with Gasteiger partial charge in [-0.1, -0.05) is 54.1 Å². The summed E-state index contributed by atoms with van der Waals surface area (Å²) in [4.78, 5) is 24.7. The van der Waals surface area contributed by atoms with Crippen molar-refractivity contribution in [1.29, 1.82) is 0 Å². The molecule has 2 aromatic carbocycles. The highest BCUT2D eigenvalue weighted by molar-refractivity contribution is 6.31. The summed E-state index contributed by atoms with van der Waals surface area (Å²) in [7, 11) is 0. The van der Waals surface area contributed by atoms with E-state index < -0.39 is 0 Å². The molecule has 0 atom stereocenters. The van der Waals surface area contributed by atoms with Crippen LogP contribution >= 0.6 is 11.6 Å². The van der Waals surface area contributed by atoms with Crippen LogP contribution in [0.1, 0.15) is 23.1 Å². The Morgan fingerprint density at radius 3 is 2.70 bits per heavy atom. The summed E-state index contributed by atoms with van der Waals surface area (Å²) in [5, 5.41) is 0.696. The summed E-state index contributed by atoms with van der Waals surface area (Å²) in [6.45, 7) is 6.52. The first kappa shape index (κ1) is 19.3. The molecule has 0 aliphatic carbocycles. The summed E-state index contributed by atoms with van der Waals surface area (Å²) in [5.41, 5.74) is 5.40. The van der Waals surface area contributed by atoms with Crippen molar-refractivity contribution in [3.8, 4) is 0 Å². The zero-order valence-corrected chi connectivity index (χ0v) is 17.9. The second kappa shape index (κ2) is 7.89. The normalized spacial score (nSPS) is 19.1. The summed E-state index contributed by atoms with van der Waals surface area (Å²) in [6.07, 6.45) is 0.881. The van der Waals surface area contributed by atoms with Crippen LogP contribution in [0.4, 0.5) is 0 Å². The average molecular weight is 421 g/mol. The minimum Gasteiger partial charge on any atom is -0.314 e. The number of carbonyl (C=O) groups is 1. The number of fused-ring (bicyclic) bond motifs is 2. The van der Waals surface area contributed by atoms with Gasteiger partial charge in [0.15, 0.2) is 0 Å². The maximum atomic E-state index is 13.6. The molecule has 3 heterocycles. The van der Waals surface area contributed by atoms with Crippen LogP contribution in [0.3, 0.4) is 0 Å². The number of aliphatic imine (C=N–C) groups is 1. The van der Waals surface area contributed by atoms with Crippen molar-refractivity contribution in [2.24, 2.45) is 4.99 Å². The fourth-order valence-corrected chi connectivity index (χ4v) is 4.84. The van der Waals surface area contributed by atoms with Gasteiger partial charge in [0.05, 0.1) is 18.7 Å². The molecule has 6 heteroatoms. The molecule has 0 fully saturated rings. The topological polar surface area (TPSA) is 39.2 Å². The van der Waals surface area contributed by atoms with E-state index in [0.29, 0.717) is 18.1 Å². The summed E-state index contributed by atoms with van der Waals surface area (Å²) in [6, 6.07) is 16.5. The van der Waals surface area contributed by atoms with Crippen LogP contribution in [0.25, 0.3) is 0 Å². The van der Waals surface area contributed by atoms with Crippen LogP contribution in [-0.4, -0.2) is 52.7 Å². The summed E-state index contributed by atoms with van der Waals surface area (Å²) >= 11 is 6.48. The summed E-state index contributed by atoms with van der Waals surface area (Å²) in [5.74, 6) is 0.850. The monoisotopic (exact) mass is 420 g/mol. The van der Waals surface area contributed by atoms with Crippen molar-refractivity contribution in [3.05, 3.63) is 81.5 Å². The summed E-state index contributed by atoms with van der Waals surface area (Å²) < 4.78 is 0. The van der Waals surface area contributed by atoms with Crippen LogP contribution in [0.15, 0.2) is 64.8 Å². The lowest BCUT2D eigenvalue weighted by molar-refractivity contribution is -0.125. The number of nitrogens with zero attached hydrogens (tertiary/aromatic N) is 4. The Morgan fingerprint density at radius 1 is 1.07 bits per heavy atom. The van der Waals surface area contributed by atoms with E-state index in [0.717, 1.165) is 61.0 Å². The zero-order chi connectivity index (χ0) is 20.7. The molecule has 0 bridgehead atoms. The minimum absolute atomic E-state index is 0.0660. The molecule has 0 unspecified atom stereocenters. The maximum absolute atomic E-state index is 13.6. The van der Waals surface area contributed by atoms with Gasteiger partial charge in [-0.25, -0.2) is 0 Å². The van der Waals surface area contributed by atoms with Crippen LogP contribution in [0.5, 0.6) is 0 Å². The van der Waals surface area contributed by atoms with Crippen LogP contribution in [-0.2, 0) is 17.9 Å². The van der Waals surface area contributed by atoms with Crippen LogP contribution in [0, 0.1) is 6.92 Å². The number of hydrogen-bond acceptors (Lipinski definition) is 4. The number of amides is 1. The highest BCUT2D eigenvalue weighted by atomic mass is 35.5. The van der Waals surface area contributed by atoms with E-state index in [1.54, 1.807) is 0 Å². The molecule has 0 saturated carbocycles. The first-order valence-corrected chi connectivity index (χ1v) is 10.8. The molecule has 0 saturated heterocycles. The third kappa shape index (κ3) is 3.53. The first-order chi connectivity index (χ1) is 14.6. The van der Waals surface area contributed by atoms with Gasteiger partial charge in [0, 0.05) is 43.3 Å². The third-order valence-corrected chi connectivity index (χ3v) is 6.42. The molecule has 3 aliphatic heterocycles. The average Bonchev–Trinajstić information content (AvgIpc) is 3.23. The molecular weight excluding hydrogens is 396 g/mol. The lowest BCUT2D eigenvalue weighted by atomic mass is 10.00. The number of carbonyl (C=O) groups excluding carboxylic acids is 1. The predicted octanol–water partition coefficient (Wildman–Crippen LogP) is 3.82. The van der Waals surface area contributed by atoms with Crippen molar-refractivity contribution in [3.63, 3.8) is 0 Å². The van der Waals surface area contributed by atoms with Gasteiger partial charge < -0.3 is 4.90 Å². The Hall–Kier alpha value is -2.63. The standard InChI is InChI=1S/C24H25ClN4O/c1-17-7-8-19(21(25)13-17)15-29-23(30)20-16-27(14-18-5-3-2-4-6-18)11-9-22(20)28-12-10-26-24(28)29/h2-8,13H,9-12,14-16H2,1H3. The fraction of sp³-hybridized carbons (Fsp3) is 0.333. The molecule has 0 radical (unpaired) electrons. The van der Waals surface area contributed by atoms with Gasteiger partial charge in [-0.05, 0) is 29.7 Å². The fourth-order valence-electron chi connectivity index (χ4n) is 4.54. The van der Waals surface area contributed by atoms with E-state index in [9.17, 15) is 4.79 Å². The molecule has 30 heavy (non-hydrogen) atoms. The first-order valence-electron chi connectivity index (χ1n) is 10.5. The Bertz CT molecular complexity index is 1050. The van der Waals surface area contributed by atoms with Gasteiger partial charge in [0.1, 0.15) is 0 Å². The third-order valence-electron chi connectivity index (χ3n) is 6.07. The SMILES string of the molecule is Cc1ccc(CN2C(=O)C3=C(CCN(Cc4ccccc4)C3)N3CCN=C23)c(Cl)c1. The number of guanidine groups is 1. The van der Waals surface area contributed by atoms with Gasteiger partial charge in [0.25, 0.3) is 5.91 Å². The second-order valence-electron chi connectivity index (χ2n) is 8.19. The maximum Gasteiger partial charge on any atom is 0.259 e. The molecule has 2 aromatic rings. The Balaban J connectivity index is 1.42. The van der Waals surface area contributed by atoms with Crippen LogP contribution in [0.2, 0.25) is 5.02 Å². The van der Waals surface area contributed by atoms with Crippen LogP contribution < -0.4 is 0 Å². The molecule has 0 spiro atoms. The molecule has 154 valence electrons. The largest absolute Gasteiger partial charge is 0.314 e. The van der Waals surface area contributed by atoms with Gasteiger partial charge in [-0.3, -0.25) is 19.6 Å². The highest BCUT2D eigenvalue weighted by Crippen LogP contribution is 2.33. The molecule has 3 aliphatic rings. The van der Waals surface area contributed by atoms with E-state index in [1.807, 2.05) is 36.1 Å². The molecule has 0 aromatic heterocycles. The van der Waals surface area contributed by atoms with E-state index in [-0.39, 0.29) is 5.91 Å². The number of aryl methyl sites for hydroxylation is 1.